The second kappa shape index (κ2) is 5.70. The second-order valence-electron chi connectivity index (χ2n) is 4.25. The summed E-state index contributed by atoms with van der Waals surface area (Å²) in [5, 5.41) is 3.34. The largest absolute Gasteiger partial charge is 0.492 e. The van der Waals surface area contributed by atoms with Crippen LogP contribution in [0.3, 0.4) is 0 Å². The molecule has 0 aliphatic heterocycles. The zero-order valence-electron chi connectivity index (χ0n) is 9.71. The van der Waals surface area contributed by atoms with Gasteiger partial charge in [0.1, 0.15) is 11.6 Å². The van der Waals surface area contributed by atoms with E-state index in [1.165, 1.54) is 25.0 Å². The Morgan fingerprint density at radius 2 is 2.24 bits per heavy atom. The lowest BCUT2D eigenvalue weighted by Gasteiger charge is -2.08. The SMILES string of the molecule is C#CCCOc1cc(F)cc(CNC2CC2)c1. The second-order valence-corrected chi connectivity index (χ2v) is 4.25. The smallest absolute Gasteiger partial charge is 0.127 e. The zero-order valence-corrected chi connectivity index (χ0v) is 9.71. The molecule has 2 nitrogen and oxygen atoms in total. The van der Waals surface area contributed by atoms with Gasteiger partial charge in [-0.2, -0.15) is 0 Å². The van der Waals surface area contributed by atoms with Crippen LogP contribution in [0.5, 0.6) is 5.75 Å². The van der Waals surface area contributed by atoms with E-state index < -0.39 is 0 Å². The highest BCUT2D eigenvalue weighted by Crippen LogP contribution is 2.21. The van der Waals surface area contributed by atoms with Gasteiger partial charge in [0.15, 0.2) is 0 Å². The van der Waals surface area contributed by atoms with Gasteiger partial charge in [-0.1, -0.05) is 0 Å². The summed E-state index contributed by atoms with van der Waals surface area (Å²) in [5.74, 6) is 2.77. The third kappa shape index (κ3) is 4.08. The fraction of sp³-hybridized carbons (Fsp3) is 0.429. The van der Waals surface area contributed by atoms with Gasteiger partial charge in [0.2, 0.25) is 0 Å². The monoisotopic (exact) mass is 233 g/mol. The molecule has 1 fully saturated rings. The van der Waals surface area contributed by atoms with E-state index in [0.29, 0.717) is 31.4 Å². The van der Waals surface area contributed by atoms with Gasteiger partial charge in [0.25, 0.3) is 0 Å². The van der Waals surface area contributed by atoms with Gasteiger partial charge in [-0.3, -0.25) is 0 Å². The third-order valence-corrected chi connectivity index (χ3v) is 2.62. The molecule has 1 N–H and O–H groups in total. The van der Waals surface area contributed by atoms with Crippen LogP contribution in [0.25, 0.3) is 0 Å². The molecule has 0 unspecified atom stereocenters. The Labute approximate surface area is 101 Å². The molecule has 1 aromatic carbocycles. The van der Waals surface area contributed by atoms with Crippen molar-refractivity contribution < 1.29 is 9.13 Å². The summed E-state index contributed by atoms with van der Waals surface area (Å²) >= 11 is 0. The Morgan fingerprint density at radius 1 is 1.41 bits per heavy atom. The van der Waals surface area contributed by atoms with Crippen LogP contribution in [0.4, 0.5) is 4.39 Å². The first-order chi connectivity index (χ1) is 8.28. The Balaban J connectivity index is 1.92. The van der Waals surface area contributed by atoms with E-state index in [1.807, 2.05) is 6.07 Å². The molecule has 90 valence electrons. The van der Waals surface area contributed by atoms with Gasteiger partial charge in [-0.05, 0) is 30.5 Å². The highest BCUT2D eigenvalue weighted by Gasteiger charge is 2.20. The summed E-state index contributed by atoms with van der Waals surface area (Å²) in [6, 6.07) is 5.39. The molecule has 0 amide bonds. The molecule has 0 atom stereocenters. The van der Waals surface area contributed by atoms with Crippen LogP contribution < -0.4 is 10.1 Å². The highest BCUT2D eigenvalue weighted by molar-refractivity contribution is 5.29. The van der Waals surface area contributed by atoms with Crippen LogP contribution in [0.15, 0.2) is 18.2 Å². The summed E-state index contributed by atoms with van der Waals surface area (Å²) < 4.78 is 18.7. The maximum Gasteiger partial charge on any atom is 0.127 e. The van der Waals surface area contributed by atoms with Crippen molar-refractivity contribution in [1.82, 2.24) is 5.32 Å². The quantitative estimate of drug-likeness (QED) is 0.602. The lowest BCUT2D eigenvalue weighted by molar-refractivity contribution is 0.325. The standard InChI is InChI=1S/C14H16FNO/c1-2-3-6-17-14-8-11(7-12(15)9-14)10-16-13-4-5-13/h1,7-9,13,16H,3-6,10H2. The number of halogens is 1. The molecule has 3 heteroatoms. The first-order valence-corrected chi connectivity index (χ1v) is 5.87. The van der Waals surface area contributed by atoms with E-state index in [0.717, 1.165) is 5.56 Å². The van der Waals surface area contributed by atoms with E-state index in [4.69, 9.17) is 11.2 Å². The van der Waals surface area contributed by atoms with Crippen molar-refractivity contribution in [3.05, 3.63) is 29.6 Å². The minimum absolute atomic E-state index is 0.268. The normalized spacial score (nSPS) is 14.4. The van der Waals surface area contributed by atoms with Gasteiger partial charge in [0.05, 0.1) is 6.61 Å². The number of terminal acetylenes is 1. The minimum atomic E-state index is -0.268. The fourth-order valence-corrected chi connectivity index (χ4v) is 1.58. The zero-order chi connectivity index (χ0) is 12.1. The van der Waals surface area contributed by atoms with Crippen LogP contribution >= 0.6 is 0 Å². The molecule has 1 aliphatic carbocycles. The van der Waals surface area contributed by atoms with E-state index in [2.05, 4.69) is 11.2 Å². The lowest BCUT2D eigenvalue weighted by atomic mass is 10.2. The van der Waals surface area contributed by atoms with E-state index in [9.17, 15) is 4.39 Å². The molecule has 0 heterocycles. The Morgan fingerprint density at radius 3 is 2.94 bits per heavy atom. The summed E-state index contributed by atoms with van der Waals surface area (Å²) in [5.41, 5.74) is 0.910. The van der Waals surface area contributed by atoms with Crippen LogP contribution in [-0.2, 0) is 6.54 Å². The maximum atomic E-state index is 13.3. The molecule has 0 spiro atoms. The molecule has 0 aromatic heterocycles. The number of hydrogen-bond donors (Lipinski definition) is 1. The molecule has 1 aromatic rings. The van der Waals surface area contributed by atoms with Crippen LogP contribution in [-0.4, -0.2) is 12.6 Å². The van der Waals surface area contributed by atoms with Gasteiger partial charge in [0, 0.05) is 25.1 Å². The summed E-state index contributed by atoms with van der Waals surface area (Å²) in [7, 11) is 0. The molecule has 17 heavy (non-hydrogen) atoms. The summed E-state index contributed by atoms with van der Waals surface area (Å²) in [6.45, 7) is 1.11. The number of rotatable bonds is 6. The third-order valence-electron chi connectivity index (χ3n) is 2.62. The van der Waals surface area contributed by atoms with E-state index >= 15 is 0 Å². The van der Waals surface area contributed by atoms with Crippen molar-refractivity contribution in [3.63, 3.8) is 0 Å². The molecule has 0 saturated heterocycles. The van der Waals surface area contributed by atoms with Gasteiger partial charge >= 0.3 is 0 Å². The molecule has 1 saturated carbocycles. The van der Waals surface area contributed by atoms with Gasteiger partial charge < -0.3 is 10.1 Å². The van der Waals surface area contributed by atoms with Gasteiger partial charge in [-0.25, -0.2) is 4.39 Å². The average Bonchev–Trinajstić information content (AvgIpc) is 3.10. The number of nitrogens with one attached hydrogen (secondary N) is 1. The molecular weight excluding hydrogens is 217 g/mol. The Bertz CT molecular complexity index is 421. The van der Waals surface area contributed by atoms with Crippen LogP contribution in [0.2, 0.25) is 0 Å². The van der Waals surface area contributed by atoms with Gasteiger partial charge in [-0.15, -0.1) is 12.3 Å². The predicted molar refractivity (Wildman–Crippen MR) is 65.2 cm³/mol. The molecular formula is C14H16FNO. The van der Waals surface area contributed by atoms with E-state index in [-0.39, 0.29) is 5.82 Å². The lowest BCUT2D eigenvalue weighted by Crippen LogP contribution is -2.15. The van der Waals surface area contributed by atoms with Crippen molar-refractivity contribution in [3.8, 4) is 18.1 Å². The first-order valence-electron chi connectivity index (χ1n) is 5.87. The van der Waals surface area contributed by atoms with Crippen molar-refractivity contribution >= 4 is 0 Å². The molecule has 0 bridgehead atoms. The minimum Gasteiger partial charge on any atom is -0.492 e. The van der Waals surface area contributed by atoms with Crippen molar-refractivity contribution in [2.45, 2.75) is 31.8 Å². The maximum absolute atomic E-state index is 13.3. The molecule has 1 aliphatic rings. The predicted octanol–water partition coefficient (Wildman–Crippen LogP) is 2.48. The van der Waals surface area contributed by atoms with Crippen molar-refractivity contribution in [2.75, 3.05) is 6.61 Å². The Hall–Kier alpha value is -1.53. The molecule has 0 radical (unpaired) electrons. The topological polar surface area (TPSA) is 21.3 Å². The first kappa shape index (κ1) is 11.9. The van der Waals surface area contributed by atoms with Crippen molar-refractivity contribution in [1.29, 1.82) is 0 Å². The number of benzene rings is 1. The average molecular weight is 233 g/mol. The Kier molecular flexibility index (Phi) is 4.00. The number of ether oxygens (including phenoxy) is 1. The highest BCUT2D eigenvalue weighted by atomic mass is 19.1. The van der Waals surface area contributed by atoms with E-state index in [1.54, 1.807) is 0 Å². The van der Waals surface area contributed by atoms with Crippen LogP contribution in [0, 0.1) is 18.2 Å². The van der Waals surface area contributed by atoms with Crippen LogP contribution in [0.1, 0.15) is 24.8 Å². The number of hydrogen-bond acceptors (Lipinski definition) is 2. The summed E-state index contributed by atoms with van der Waals surface area (Å²) in [4.78, 5) is 0. The summed E-state index contributed by atoms with van der Waals surface area (Å²) in [6.07, 6.45) is 8.11. The van der Waals surface area contributed by atoms with Crippen molar-refractivity contribution in [2.24, 2.45) is 0 Å². The molecule has 2 rings (SSSR count). The fourth-order valence-electron chi connectivity index (χ4n) is 1.58.